The molecule has 0 amide bonds. The van der Waals surface area contributed by atoms with E-state index >= 15 is 0 Å². The quantitative estimate of drug-likeness (QED) is 0.824. The molecule has 1 heterocycles. The maximum atomic E-state index is 6.36. The average molecular weight is 330 g/mol. The van der Waals surface area contributed by atoms with Gasteiger partial charge in [0.1, 0.15) is 0 Å². The van der Waals surface area contributed by atoms with Crippen LogP contribution in [0.25, 0.3) is 0 Å². The van der Waals surface area contributed by atoms with Crippen LogP contribution in [0.15, 0.2) is 18.2 Å². The summed E-state index contributed by atoms with van der Waals surface area (Å²) < 4.78 is 5.56. The molecule has 0 aromatic heterocycles. The Labute approximate surface area is 138 Å². The van der Waals surface area contributed by atoms with Gasteiger partial charge in [-0.15, -0.1) is 0 Å². The fourth-order valence-electron chi connectivity index (χ4n) is 2.92. The van der Waals surface area contributed by atoms with Crippen molar-refractivity contribution in [1.29, 1.82) is 0 Å². The first-order valence-electron chi connectivity index (χ1n) is 7.73. The smallest absolute Gasteiger partial charge is 0.0471 e. The van der Waals surface area contributed by atoms with Gasteiger partial charge in [-0.2, -0.15) is 0 Å². The highest BCUT2D eigenvalue weighted by molar-refractivity contribution is 6.35. The van der Waals surface area contributed by atoms with Gasteiger partial charge in [-0.05, 0) is 54.8 Å². The minimum absolute atomic E-state index is 0.241. The number of ether oxygens (including phenoxy) is 1. The molecule has 1 aliphatic heterocycles. The van der Waals surface area contributed by atoms with Crippen LogP contribution in [-0.4, -0.2) is 26.3 Å². The molecule has 0 bridgehead atoms. The van der Waals surface area contributed by atoms with Gasteiger partial charge in [0.25, 0.3) is 0 Å². The molecule has 1 aromatic carbocycles. The van der Waals surface area contributed by atoms with E-state index in [1.807, 2.05) is 12.1 Å². The Morgan fingerprint density at radius 3 is 2.57 bits per heavy atom. The second-order valence-electron chi connectivity index (χ2n) is 6.55. The highest BCUT2D eigenvalue weighted by atomic mass is 35.5. The Morgan fingerprint density at radius 2 is 1.95 bits per heavy atom. The molecule has 0 aliphatic carbocycles. The molecule has 1 aromatic rings. The first kappa shape index (κ1) is 17.1. The molecule has 2 nitrogen and oxygen atoms in total. The number of nitrogens with one attached hydrogen (secondary N) is 1. The van der Waals surface area contributed by atoms with Gasteiger partial charge < -0.3 is 10.1 Å². The molecule has 1 fully saturated rings. The second-order valence-corrected chi connectivity index (χ2v) is 7.39. The zero-order valence-electron chi connectivity index (χ0n) is 12.9. The van der Waals surface area contributed by atoms with Crippen molar-refractivity contribution in [3.8, 4) is 0 Å². The Bertz CT molecular complexity index is 456. The van der Waals surface area contributed by atoms with Crippen LogP contribution in [0.4, 0.5) is 0 Å². The van der Waals surface area contributed by atoms with Crippen LogP contribution in [0.1, 0.15) is 32.3 Å². The van der Waals surface area contributed by atoms with Crippen molar-refractivity contribution >= 4 is 23.2 Å². The van der Waals surface area contributed by atoms with Gasteiger partial charge in [0.15, 0.2) is 0 Å². The summed E-state index contributed by atoms with van der Waals surface area (Å²) in [5.41, 5.74) is 1.43. The van der Waals surface area contributed by atoms with Gasteiger partial charge >= 0.3 is 0 Å². The minimum Gasteiger partial charge on any atom is -0.381 e. The van der Waals surface area contributed by atoms with E-state index in [9.17, 15) is 0 Å². The van der Waals surface area contributed by atoms with Crippen LogP contribution in [0, 0.1) is 11.3 Å². The number of hydrogen-bond donors (Lipinski definition) is 1. The van der Waals surface area contributed by atoms with Gasteiger partial charge in [-0.25, -0.2) is 0 Å². The molecule has 2 rings (SSSR count). The van der Waals surface area contributed by atoms with Crippen LogP contribution in [0.5, 0.6) is 0 Å². The predicted octanol–water partition coefficient (Wildman–Crippen LogP) is 4.58. The minimum atomic E-state index is 0.241. The predicted molar refractivity (Wildman–Crippen MR) is 90.4 cm³/mol. The van der Waals surface area contributed by atoms with Crippen molar-refractivity contribution in [2.45, 2.75) is 33.1 Å². The molecule has 1 N–H and O–H groups in total. The molecule has 1 aliphatic rings. The molecule has 118 valence electrons. The largest absolute Gasteiger partial charge is 0.381 e. The topological polar surface area (TPSA) is 21.3 Å². The van der Waals surface area contributed by atoms with Gasteiger partial charge in [-0.1, -0.05) is 43.1 Å². The third kappa shape index (κ3) is 5.14. The monoisotopic (exact) mass is 329 g/mol. The third-order valence-electron chi connectivity index (χ3n) is 4.19. The molecule has 1 saturated heterocycles. The lowest BCUT2D eigenvalue weighted by atomic mass is 9.75. The van der Waals surface area contributed by atoms with Gasteiger partial charge in [0.2, 0.25) is 0 Å². The number of hydrogen-bond acceptors (Lipinski definition) is 2. The molecule has 0 unspecified atom stereocenters. The van der Waals surface area contributed by atoms with Crippen LogP contribution in [0.3, 0.4) is 0 Å². The van der Waals surface area contributed by atoms with E-state index < -0.39 is 0 Å². The highest BCUT2D eigenvalue weighted by Gasteiger charge is 2.33. The van der Waals surface area contributed by atoms with Crippen LogP contribution >= 0.6 is 23.2 Å². The van der Waals surface area contributed by atoms with E-state index in [-0.39, 0.29) is 5.41 Å². The lowest BCUT2D eigenvalue weighted by Crippen LogP contribution is -2.41. The standard InChI is InChI=1S/C17H25Cl2NO/c1-13(2)11-20-12-17(5-7-21-8-6-17)10-14-3-4-15(18)9-16(14)19/h3-4,9,13,20H,5-8,10-12H2,1-2H3. The second kappa shape index (κ2) is 7.82. The van der Waals surface area contributed by atoms with Crippen molar-refractivity contribution in [3.05, 3.63) is 33.8 Å². The highest BCUT2D eigenvalue weighted by Crippen LogP contribution is 2.36. The number of benzene rings is 1. The van der Waals surface area contributed by atoms with E-state index in [1.165, 1.54) is 5.56 Å². The fourth-order valence-corrected chi connectivity index (χ4v) is 3.39. The van der Waals surface area contributed by atoms with Crippen molar-refractivity contribution in [1.82, 2.24) is 5.32 Å². The Balaban J connectivity index is 2.08. The lowest BCUT2D eigenvalue weighted by Gasteiger charge is -2.38. The normalized spacial score (nSPS) is 18.1. The molecule has 0 spiro atoms. The maximum Gasteiger partial charge on any atom is 0.0471 e. The van der Waals surface area contributed by atoms with E-state index in [2.05, 4.69) is 25.2 Å². The Hall–Kier alpha value is -0.280. The molecular weight excluding hydrogens is 305 g/mol. The Morgan fingerprint density at radius 1 is 1.24 bits per heavy atom. The van der Waals surface area contributed by atoms with E-state index in [1.54, 1.807) is 0 Å². The summed E-state index contributed by atoms with van der Waals surface area (Å²) in [5.74, 6) is 0.668. The average Bonchev–Trinajstić information content (AvgIpc) is 2.43. The molecular formula is C17H25Cl2NO. The first-order chi connectivity index (χ1) is 10.0. The summed E-state index contributed by atoms with van der Waals surface area (Å²) in [6.07, 6.45) is 3.14. The zero-order valence-corrected chi connectivity index (χ0v) is 14.4. The fraction of sp³-hybridized carbons (Fsp3) is 0.647. The molecule has 0 atom stereocenters. The maximum absolute atomic E-state index is 6.36. The van der Waals surface area contributed by atoms with E-state index in [0.29, 0.717) is 10.9 Å². The van der Waals surface area contributed by atoms with Crippen LogP contribution in [0.2, 0.25) is 10.0 Å². The lowest BCUT2D eigenvalue weighted by molar-refractivity contribution is 0.0147. The third-order valence-corrected chi connectivity index (χ3v) is 4.77. The van der Waals surface area contributed by atoms with E-state index in [4.69, 9.17) is 27.9 Å². The van der Waals surface area contributed by atoms with Crippen molar-refractivity contribution in [3.63, 3.8) is 0 Å². The summed E-state index contributed by atoms with van der Waals surface area (Å²) in [7, 11) is 0. The summed E-state index contributed by atoms with van der Waals surface area (Å²) in [6.45, 7) is 8.23. The number of halogens is 2. The van der Waals surface area contributed by atoms with Crippen molar-refractivity contribution in [2.24, 2.45) is 11.3 Å². The van der Waals surface area contributed by atoms with Crippen molar-refractivity contribution in [2.75, 3.05) is 26.3 Å². The summed E-state index contributed by atoms with van der Waals surface area (Å²) in [5, 5.41) is 5.09. The van der Waals surface area contributed by atoms with Crippen LogP contribution in [-0.2, 0) is 11.2 Å². The SMILES string of the molecule is CC(C)CNCC1(Cc2ccc(Cl)cc2Cl)CCOCC1. The summed E-state index contributed by atoms with van der Waals surface area (Å²) in [6, 6.07) is 5.83. The molecule has 0 saturated carbocycles. The Kier molecular flexibility index (Phi) is 6.36. The molecule has 21 heavy (non-hydrogen) atoms. The van der Waals surface area contributed by atoms with Crippen LogP contribution < -0.4 is 5.32 Å². The number of rotatable bonds is 6. The summed E-state index contributed by atoms with van der Waals surface area (Å²) >= 11 is 12.4. The molecule has 4 heteroatoms. The van der Waals surface area contributed by atoms with E-state index in [0.717, 1.165) is 50.6 Å². The van der Waals surface area contributed by atoms with Gasteiger partial charge in [0, 0.05) is 29.8 Å². The first-order valence-corrected chi connectivity index (χ1v) is 8.49. The van der Waals surface area contributed by atoms with Gasteiger partial charge in [0.05, 0.1) is 0 Å². The van der Waals surface area contributed by atoms with Crippen molar-refractivity contribution < 1.29 is 4.74 Å². The van der Waals surface area contributed by atoms with Gasteiger partial charge in [-0.3, -0.25) is 0 Å². The molecule has 0 radical (unpaired) electrons. The summed E-state index contributed by atoms with van der Waals surface area (Å²) in [4.78, 5) is 0. The zero-order chi connectivity index (χ0) is 15.3.